The summed E-state index contributed by atoms with van der Waals surface area (Å²) in [6.45, 7) is 0.668. The monoisotopic (exact) mass is 308 g/mol. The third-order valence-electron chi connectivity index (χ3n) is 4.10. The topological polar surface area (TPSA) is 51.2 Å². The predicted molar refractivity (Wildman–Crippen MR) is 90.0 cm³/mol. The highest BCUT2D eigenvalue weighted by molar-refractivity contribution is 5.84. The molecule has 0 radical (unpaired) electrons. The number of para-hydroxylation sites is 1. The minimum atomic E-state index is 0.135. The summed E-state index contributed by atoms with van der Waals surface area (Å²) in [5.41, 5.74) is 0.839. The molecule has 1 N–H and O–H groups in total. The molecule has 0 bridgehead atoms. The van der Waals surface area contributed by atoms with Crippen LogP contribution in [0.4, 0.5) is 0 Å². The van der Waals surface area contributed by atoms with Gasteiger partial charge in [-0.05, 0) is 25.0 Å². The van der Waals surface area contributed by atoms with E-state index in [2.05, 4.69) is 22.1 Å². The number of fused-ring (bicyclic) bond motifs is 1. The van der Waals surface area contributed by atoms with E-state index >= 15 is 0 Å². The van der Waals surface area contributed by atoms with Crippen LogP contribution in [0.5, 0.6) is 5.75 Å². The van der Waals surface area contributed by atoms with E-state index in [0.29, 0.717) is 6.54 Å². The molecule has 23 heavy (non-hydrogen) atoms. The van der Waals surface area contributed by atoms with Crippen molar-refractivity contribution in [2.24, 2.45) is 5.92 Å². The number of nitrogens with one attached hydrogen (secondary N) is 1. The molecule has 0 saturated heterocycles. The molecular formula is C19H20N2O2. The van der Waals surface area contributed by atoms with Crippen molar-refractivity contribution in [3.63, 3.8) is 0 Å². The van der Waals surface area contributed by atoms with Gasteiger partial charge in [0.15, 0.2) is 0 Å². The summed E-state index contributed by atoms with van der Waals surface area (Å²) in [4.78, 5) is 16.2. The van der Waals surface area contributed by atoms with E-state index in [0.717, 1.165) is 42.3 Å². The number of hydrogen-bond donors (Lipinski definition) is 1. The molecule has 4 heteroatoms. The van der Waals surface area contributed by atoms with E-state index in [9.17, 15) is 4.79 Å². The summed E-state index contributed by atoms with van der Waals surface area (Å²) < 4.78 is 5.68. The Kier molecular flexibility index (Phi) is 5.10. The van der Waals surface area contributed by atoms with E-state index in [1.807, 2.05) is 30.3 Å². The minimum absolute atomic E-state index is 0.135. The molecule has 1 saturated carbocycles. The van der Waals surface area contributed by atoms with Gasteiger partial charge in [-0.25, -0.2) is 0 Å². The third kappa shape index (κ3) is 4.01. The zero-order valence-corrected chi connectivity index (χ0v) is 13.0. The van der Waals surface area contributed by atoms with Gasteiger partial charge in [-0.2, -0.15) is 0 Å². The average molecular weight is 308 g/mol. The van der Waals surface area contributed by atoms with Crippen LogP contribution in [0.3, 0.4) is 0 Å². The highest BCUT2D eigenvalue weighted by Crippen LogP contribution is 2.24. The fourth-order valence-corrected chi connectivity index (χ4v) is 2.88. The maximum Gasteiger partial charge on any atom is 0.223 e. The zero-order chi connectivity index (χ0) is 15.9. The number of ether oxygens (including phenoxy) is 1. The number of rotatable bonds is 4. The Labute approximate surface area is 136 Å². The van der Waals surface area contributed by atoms with Crippen LogP contribution in [-0.4, -0.2) is 24.0 Å². The molecular weight excluding hydrogens is 288 g/mol. The number of nitrogens with zero attached hydrogens (tertiary/aromatic N) is 1. The van der Waals surface area contributed by atoms with Gasteiger partial charge in [0.05, 0.1) is 6.54 Å². The van der Waals surface area contributed by atoms with Gasteiger partial charge < -0.3 is 10.1 Å². The largest absolute Gasteiger partial charge is 0.479 e. The summed E-state index contributed by atoms with van der Waals surface area (Å²) in [5, 5.41) is 3.92. The number of amides is 1. The van der Waals surface area contributed by atoms with Crippen molar-refractivity contribution >= 4 is 16.8 Å². The first-order valence-electron chi connectivity index (χ1n) is 8.04. The molecule has 1 aliphatic carbocycles. The quantitative estimate of drug-likeness (QED) is 0.884. The second-order valence-corrected chi connectivity index (χ2v) is 5.67. The summed E-state index contributed by atoms with van der Waals surface area (Å²) in [6.07, 6.45) is 6.10. The second kappa shape index (κ2) is 7.64. The van der Waals surface area contributed by atoms with E-state index < -0.39 is 0 Å². The third-order valence-corrected chi connectivity index (χ3v) is 4.10. The molecule has 118 valence electrons. The molecule has 1 aromatic carbocycles. The molecule has 1 heterocycles. The number of carbonyl (C=O) groups excluding carboxylic acids is 1. The van der Waals surface area contributed by atoms with E-state index in [-0.39, 0.29) is 18.4 Å². The molecule has 0 unspecified atom stereocenters. The smallest absolute Gasteiger partial charge is 0.223 e. The molecule has 0 atom stereocenters. The molecule has 1 aromatic heterocycles. The highest BCUT2D eigenvalue weighted by Gasteiger charge is 2.21. The molecule has 0 aliphatic heterocycles. The summed E-state index contributed by atoms with van der Waals surface area (Å²) in [7, 11) is 0. The zero-order valence-electron chi connectivity index (χ0n) is 13.0. The van der Waals surface area contributed by atoms with Crippen LogP contribution in [0.1, 0.15) is 25.7 Å². The van der Waals surface area contributed by atoms with Crippen molar-refractivity contribution in [1.29, 1.82) is 0 Å². The summed E-state index contributed by atoms with van der Waals surface area (Å²) in [5.74, 6) is 6.91. The normalized spacial score (nSPS) is 14.3. The van der Waals surface area contributed by atoms with Gasteiger partial charge in [-0.1, -0.05) is 42.9 Å². The summed E-state index contributed by atoms with van der Waals surface area (Å²) in [6, 6.07) is 9.73. The predicted octanol–water partition coefficient (Wildman–Crippen LogP) is 2.92. The number of carbonyl (C=O) groups is 1. The first-order valence-corrected chi connectivity index (χ1v) is 8.04. The average Bonchev–Trinajstić information content (AvgIpc) is 3.12. The van der Waals surface area contributed by atoms with Crippen LogP contribution in [-0.2, 0) is 4.79 Å². The lowest BCUT2D eigenvalue weighted by Crippen LogP contribution is -2.29. The molecule has 2 aromatic rings. The van der Waals surface area contributed by atoms with Crippen LogP contribution in [0.25, 0.3) is 10.9 Å². The van der Waals surface area contributed by atoms with Gasteiger partial charge in [0.25, 0.3) is 0 Å². The maximum atomic E-state index is 11.8. The van der Waals surface area contributed by atoms with Crippen molar-refractivity contribution in [2.45, 2.75) is 25.7 Å². The van der Waals surface area contributed by atoms with E-state index in [1.165, 1.54) is 0 Å². The Morgan fingerprint density at radius 2 is 2.04 bits per heavy atom. The Morgan fingerprint density at radius 3 is 2.91 bits per heavy atom. The minimum Gasteiger partial charge on any atom is -0.479 e. The van der Waals surface area contributed by atoms with Crippen molar-refractivity contribution in [2.75, 3.05) is 13.2 Å². The SMILES string of the molecule is O=C(NCC#CCOc1cccc2cccnc12)C1CCCC1. The molecule has 1 aliphatic rings. The Balaban J connectivity index is 1.47. The lowest BCUT2D eigenvalue weighted by atomic mass is 10.1. The van der Waals surface area contributed by atoms with Crippen molar-refractivity contribution in [3.05, 3.63) is 36.5 Å². The number of hydrogen-bond acceptors (Lipinski definition) is 3. The Bertz CT molecular complexity index is 734. The standard InChI is InChI=1S/C19H20N2O2/c22-19(16-7-1-2-8-16)21-12-3-4-14-23-17-11-5-9-15-10-6-13-20-18(15)17/h5-6,9-11,13,16H,1-2,7-8,12,14H2,(H,21,22). The Hall–Kier alpha value is -2.54. The van der Waals surface area contributed by atoms with Gasteiger partial charge in [-0.15, -0.1) is 0 Å². The first-order chi connectivity index (χ1) is 11.3. The fourth-order valence-electron chi connectivity index (χ4n) is 2.88. The van der Waals surface area contributed by atoms with Crippen LogP contribution in [0.15, 0.2) is 36.5 Å². The number of pyridine rings is 1. The summed E-state index contributed by atoms with van der Waals surface area (Å²) >= 11 is 0. The second-order valence-electron chi connectivity index (χ2n) is 5.67. The van der Waals surface area contributed by atoms with Gasteiger partial charge in [0.2, 0.25) is 5.91 Å². The van der Waals surface area contributed by atoms with Gasteiger partial charge in [0.1, 0.15) is 17.9 Å². The van der Waals surface area contributed by atoms with Gasteiger partial charge >= 0.3 is 0 Å². The molecule has 1 amide bonds. The number of benzene rings is 1. The van der Waals surface area contributed by atoms with Crippen molar-refractivity contribution in [3.8, 4) is 17.6 Å². The fraction of sp³-hybridized carbons (Fsp3) is 0.368. The molecule has 3 rings (SSSR count). The molecule has 1 fully saturated rings. The van der Waals surface area contributed by atoms with E-state index in [4.69, 9.17) is 4.74 Å². The van der Waals surface area contributed by atoms with Crippen molar-refractivity contribution in [1.82, 2.24) is 10.3 Å². The molecule has 4 nitrogen and oxygen atoms in total. The maximum absolute atomic E-state index is 11.8. The van der Waals surface area contributed by atoms with Crippen LogP contribution >= 0.6 is 0 Å². The molecule has 0 spiro atoms. The van der Waals surface area contributed by atoms with Gasteiger partial charge in [-0.3, -0.25) is 9.78 Å². The number of aromatic nitrogens is 1. The van der Waals surface area contributed by atoms with Crippen LogP contribution in [0.2, 0.25) is 0 Å². The van der Waals surface area contributed by atoms with Crippen LogP contribution in [0, 0.1) is 17.8 Å². The Morgan fingerprint density at radius 1 is 1.22 bits per heavy atom. The van der Waals surface area contributed by atoms with Crippen LogP contribution < -0.4 is 10.1 Å². The lowest BCUT2D eigenvalue weighted by molar-refractivity contribution is -0.124. The van der Waals surface area contributed by atoms with Crippen molar-refractivity contribution < 1.29 is 9.53 Å². The first kappa shape index (κ1) is 15.4. The highest BCUT2D eigenvalue weighted by atomic mass is 16.5. The van der Waals surface area contributed by atoms with E-state index in [1.54, 1.807) is 6.20 Å². The lowest BCUT2D eigenvalue weighted by Gasteiger charge is -2.07. The van der Waals surface area contributed by atoms with Gasteiger partial charge in [0, 0.05) is 17.5 Å².